The summed E-state index contributed by atoms with van der Waals surface area (Å²) < 4.78 is 8.57. The van der Waals surface area contributed by atoms with Crippen LogP contribution in [0.5, 0.6) is 5.75 Å². The Balaban J connectivity index is 1.35. The number of urea groups is 1. The number of aryl methyl sites for hydroxylation is 1. The van der Waals surface area contributed by atoms with Gasteiger partial charge in [-0.1, -0.05) is 11.2 Å². The van der Waals surface area contributed by atoms with E-state index in [4.69, 9.17) is 4.74 Å². The molecule has 1 aromatic carbocycles. The van der Waals surface area contributed by atoms with E-state index in [1.54, 1.807) is 21.7 Å². The van der Waals surface area contributed by atoms with Crippen molar-refractivity contribution >= 4 is 33.5 Å². The van der Waals surface area contributed by atoms with E-state index in [1.807, 2.05) is 25.1 Å². The van der Waals surface area contributed by atoms with Gasteiger partial charge in [-0.25, -0.2) is 14.5 Å². The summed E-state index contributed by atoms with van der Waals surface area (Å²) in [5.41, 5.74) is 2.67. The first-order valence-electron chi connectivity index (χ1n) is 7.55. The third-order valence-corrected chi connectivity index (χ3v) is 4.60. The van der Waals surface area contributed by atoms with Gasteiger partial charge in [-0.2, -0.15) is 0 Å². The summed E-state index contributed by atoms with van der Waals surface area (Å²) in [5, 5.41) is 13.8. The lowest BCUT2D eigenvalue weighted by Gasteiger charge is -2.38. The van der Waals surface area contributed by atoms with Gasteiger partial charge in [0.25, 0.3) is 5.95 Å². The second-order valence-corrected chi connectivity index (χ2v) is 6.23. The molecule has 0 atom stereocenters. The largest absolute Gasteiger partial charge is 0.484 e. The molecule has 1 aliphatic rings. The zero-order chi connectivity index (χ0) is 16.5. The number of likely N-dealkylation sites (tertiary alicyclic amines) is 1. The highest BCUT2D eigenvalue weighted by Gasteiger charge is 2.33. The molecule has 1 N–H and O–H groups in total. The number of para-hydroxylation sites is 1. The molecule has 9 nitrogen and oxygen atoms in total. The van der Waals surface area contributed by atoms with Crippen molar-refractivity contribution in [3.05, 3.63) is 23.7 Å². The fraction of sp³-hybridized carbons (Fsp3) is 0.357. The Kier molecular flexibility index (Phi) is 3.73. The Morgan fingerprint density at radius 1 is 1.46 bits per heavy atom. The number of aromatic nitrogens is 5. The number of thiazole rings is 1. The van der Waals surface area contributed by atoms with Gasteiger partial charge in [0.15, 0.2) is 0 Å². The smallest absolute Gasteiger partial charge is 0.324 e. The SMILES string of the molecule is CCn1nnnc1NC(=O)N1CC(Oc2cccc3scnc23)C1. The maximum Gasteiger partial charge on any atom is 0.324 e. The van der Waals surface area contributed by atoms with Gasteiger partial charge in [-0.05, 0) is 29.5 Å². The maximum absolute atomic E-state index is 12.2. The van der Waals surface area contributed by atoms with Crippen LogP contribution in [0.15, 0.2) is 23.7 Å². The molecule has 124 valence electrons. The minimum Gasteiger partial charge on any atom is -0.484 e. The van der Waals surface area contributed by atoms with E-state index in [-0.39, 0.29) is 12.1 Å². The number of nitrogens with zero attached hydrogens (tertiary/aromatic N) is 6. The number of fused-ring (bicyclic) bond motifs is 1. The molecule has 10 heteroatoms. The molecule has 1 fully saturated rings. The van der Waals surface area contributed by atoms with Crippen molar-refractivity contribution in [2.75, 3.05) is 18.4 Å². The van der Waals surface area contributed by atoms with Gasteiger partial charge in [0, 0.05) is 6.54 Å². The molecule has 2 aromatic heterocycles. The molecule has 1 aliphatic heterocycles. The van der Waals surface area contributed by atoms with E-state index in [1.165, 1.54) is 4.68 Å². The average molecular weight is 345 g/mol. The van der Waals surface area contributed by atoms with Gasteiger partial charge in [0.05, 0.1) is 23.3 Å². The highest BCUT2D eigenvalue weighted by atomic mass is 32.1. The molecule has 2 amide bonds. The number of carbonyl (C=O) groups is 1. The fourth-order valence-electron chi connectivity index (χ4n) is 2.50. The summed E-state index contributed by atoms with van der Waals surface area (Å²) in [6, 6.07) is 5.63. The van der Waals surface area contributed by atoms with E-state index in [9.17, 15) is 4.79 Å². The number of ether oxygens (including phenoxy) is 1. The highest BCUT2D eigenvalue weighted by Crippen LogP contribution is 2.29. The molecule has 1 saturated heterocycles. The number of amides is 2. The van der Waals surface area contributed by atoms with Crippen LogP contribution in [0.3, 0.4) is 0 Å². The van der Waals surface area contributed by atoms with Crippen molar-refractivity contribution in [1.29, 1.82) is 0 Å². The predicted molar refractivity (Wildman–Crippen MR) is 88.1 cm³/mol. The highest BCUT2D eigenvalue weighted by molar-refractivity contribution is 7.16. The van der Waals surface area contributed by atoms with Crippen LogP contribution >= 0.6 is 11.3 Å². The van der Waals surface area contributed by atoms with Gasteiger partial charge in [0.2, 0.25) is 0 Å². The summed E-state index contributed by atoms with van der Waals surface area (Å²) >= 11 is 1.58. The summed E-state index contributed by atoms with van der Waals surface area (Å²) in [4.78, 5) is 18.2. The molecule has 3 heterocycles. The summed E-state index contributed by atoms with van der Waals surface area (Å²) in [6.45, 7) is 3.52. The van der Waals surface area contributed by atoms with Crippen LogP contribution in [-0.4, -0.2) is 55.3 Å². The van der Waals surface area contributed by atoms with E-state index >= 15 is 0 Å². The minimum absolute atomic E-state index is 0.0368. The Hall–Kier alpha value is -2.75. The Morgan fingerprint density at radius 3 is 3.17 bits per heavy atom. The quantitative estimate of drug-likeness (QED) is 0.771. The van der Waals surface area contributed by atoms with Crippen LogP contribution < -0.4 is 10.1 Å². The van der Waals surface area contributed by atoms with Gasteiger partial charge in [-0.15, -0.1) is 11.3 Å². The van der Waals surface area contributed by atoms with Crippen molar-refractivity contribution in [2.45, 2.75) is 19.6 Å². The van der Waals surface area contributed by atoms with Gasteiger partial charge in [-0.3, -0.25) is 5.32 Å². The van der Waals surface area contributed by atoms with Crippen LogP contribution in [0, 0.1) is 0 Å². The van der Waals surface area contributed by atoms with Crippen LogP contribution in [0.1, 0.15) is 6.92 Å². The lowest BCUT2D eigenvalue weighted by atomic mass is 10.2. The first-order valence-corrected chi connectivity index (χ1v) is 8.43. The zero-order valence-corrected chi connectivity index (χ0v) is 13.7. The van der Waals surface area contributed by atoms with E-state index < -0.39 is 0 Å². The summed E-state index contributed by atoms with van der Waals surface area (Å²) in [5.74, 6) is 1.10. The first-order chi connectivity index (χ1) is 11.7. The molecule has 0 bridgehead atoms. The number of hydrogen-bond acceptors (Lipinski definition) is 7. The first kappa shape index (κ1) is 14.8. The molecular formula is C14H15N7O2S. The predicted octanol–water partition coefficient (Wildman–Crippen LogP) is 1.60. The lowest BCUT2D eigenvalue weighted by Crippen LogP contribution is -2.57. The van der Waals surface area contributed by atoms with Crippen LogP contribution in [0.4, 0.5) is 10.7 Å². The Bertz CT molecular complexity index is 871. The lowest BCUT2D eigenvalue weighted by molar-refractivity contribution is 0.0502. The fourth-order valence-corrected chi connectivity index (χ4v) is 3.19. The minimum atomic E-state index is -0.230. The Morgan fingerprint density at radius 2 is 2.33 bits per heavy atom. The molecule has 3 aromatic rings. The number of tetrazole rings is 1. The Labute approximate surface area is 141 Å². The van der Waals surface area contributed by atoms with Crippen molar-refractivity contribution in [1.82, 2.24) is 30.1 Å². The second-order valence-electron chi connectivity index (χ2n) is 5.35. The molecule has 0 aliphatic carbocycles. The summed E-state index contributed by atoms with van der Waals surface area (Å²) in [6.07, 6.45) is -0.0368. The second kappa shape index (κ2) is 6.04. The monoisotopic (exact) mass is 345 g/mol. The van der Waals surface area contributed by atoms with Gasteiger partial charge in [0.1, 0.15) is 17.4 Å². The topological polar surface area (TPSA) is 98.1 Å². The van der Waals surface area contributed by atoms with E-state index in [0.29, 0.717) is 25.6 Å². The number of carbonyl (C=O) groups excluding carboxylic acids is 1. The molecule has 4 rings (SSSR count). The zero-order valence-electron chi connectivity index (χ0n) is 12.9. The number of anilines is 1. The number of benzene rings is 1. The third kappa shape index (κ3) is 2.64. The van der Waals surface area contributed by atoms with E-state index in [0.717, 1.165) is 16.0 Å². The van der Waals surface area contributed by atoms with Crippen LogP contribution in [0.2, 0.25) is 0 Å². The molecule has 0 unspecified atom stereocenters. The van der Waals surface area contributed by atoms with Crippen LogP contribution in [0.25, 0.3) is 10.2 Å². The third-order valence-electron chi connectivity index (χ3n) is 3.80. The number of nitrogens with one attached hydrogen (secondary N) is 1. The molecule has 0 spiro atoms. The average Bonchev–Trinajstić information content (AvgIpc) is 3.18. The molecular weight excluding hydrogens is 330 g/mol. The van der Waals surface area contributed by atoms with Gasteiger partial charge < -0.3 is 9.64 Å². The molecule has 0 saturated carbocycles. The number of hydrogen-bond donors (Lipinski definition) is 1. The molecule has 0 radical (unpaired) electrons. The number of rotatable bonds is 4. The van der Waals surface area contributed by atoms with Crippen molar-refractivity contribution in [2.24, 2.45) is 0 Å². The maximum atomic E-state index is 12.2. The molecule has 24 heavy (non-hydrogen) atoms. The van der Waals surface area contributed by atoms with E-state index in [2.05, 4.69) is 25.8 Å². The summed E-state index contributed by atoms with van der Waals surface area (Å²) in [7, 11) is 0. The van der Waals surface area contributed by atoms with Crippen LogP contribution in [-0.2, 0) is 6.54 Å². The van der Waals surface area contributed by atoms with Crippen molar-refractivity contribution in [3.63, 3.8) is 0 Å². The normalized spacial score (nSPS) is 14.6. The van der Waals surface area contributed by atoms with Crippen molar-refractivity contribution in [3.8, 4) is 5.75 Å². The van der Waals surface area contributed by atoms with Crippen molar-refractivity contribution < 1.29 is 9.53 Å². The van der Waals surface area contributed by atoms with Gasteiger partial charge >= 0.3 is 6.03 Å². The standard InChI is InChI=1S/C14H15N7O2S/c1-2-21-13(17-18-19-21)16-14(22)20-6-9(7-20)23-10-4-3-5-11-12(10)15-8-24-11/h3-5,8-9H,2,6-7H2,1H3,(H,16,17,19,22).